The van der Waals surface area contributed by atoms with E-state index in [1.54, 1.807) is 107 Å². The number of benzene rings is 6. The van der Waals surface area contributed by atoms with E-state index in [-0.39, 0.29) is 18.9 Å². The Balaban J connectivity index is 0.000000271. The van der Waals surface area contributed by atoms with Gasteiger partial charge in [-0.05, 0) is 151 Å². The molecule has 0 radical (unpaired) electrons. The summed E-state index contributed by atoms with van der Waals surface area (Å²) in [6, 6.07) is 40.1. The molecule has 15 nitrogen and oxygen atoms in total. The fourth-order valence-electron chi connectivity index (χ4n) is 6.96. The van der Waals surface area contributed by atoms with Crippen LogP contribution in [0.2, 0.25) is 0 Å². The smallest absolute Gasteiger partial charge is 0.413 e. The van der Waals surface area contributed by atoms with E-state index in [2.05, 4.69) is 5.32 Å². The molecule has 6 aromatic rings. The zero-order chi connectivity index (χ0) is 52.0. The molecule has 15 heteroatoms. The molecule has 3 N–H and O–H groups in total. The van der Waals surface area contributed by atoms with Gasteiger partial charge in [-0.3, -0.25) is 14.9 Å². The number of aryl methyl sites for hydroxylation is 3. The summed E-state index contributed by atoms with van der Waals surface area (Å²) in [6.45, 7) is 3.83. The van der Waals surface area contributed by atoms with E-state index >= 15 is 0 Å². The largest absolute Gasteiger partial charge is 0.497 e. The Morgan fingerprint density at radius 3 is 1.28 bits per heavy atom. The van der Waals surface area contributed by atoms with Crippen molar-refractivity contribution < 1.29 is 61.9 Å². The lowest BCUT2D eigenvalue weighted by Crippen LogP contribution is -2.31. The van der Waals surface area contributed by atoms with Gasteiger partial charge in [-0.1, -0.05) is 54.6 Å². The number of carbonyl (C=O) groups excluding carboxylic acids is 5. The summed E-state index contributed by atoms with van der Waals surface area (Å²) >= 11 is 0. The standard InChI is InChI=1S/C30H31NO8.C27H27NO5/c1-5-38-30(34)31-28(32)15-8-20-6-11-23(12-7-20)39-24-13-9-22(10-14-24)27(29(33)37-4)18-21-16-25(35-2)19-26(17-21)36-3;1-18-14-20(16-24(15-18)31-2)17-25(27(30)32-3)21-7-11-23(12-8-21)33-22-9-4-19(5-10-22)6-13-26(28)29/h6-7,9-14,16-19H,5,8,15H2,1-4H3,(H,31,32,34);4-5,7-12,14-17H,6,13H2,1-3H3,(H2,28,29)/b27-18+;25-17+. The maximum absolute atomic E-state index is 12.6. The van der Waals surface area contributed by atoms with E-state index in [0.29, 0.717) is 81.6 Å². The lowest BCUT2D eigenvalue weighted by molar-refractivity contribution is -0.134. The zero-order valence-electron chi connectivity index (χ0n) is 41.3. The van der Waals surface area contributed by atoms with Crippen LogP contribution in [0.5, 0.6) is 40.2 Å². The second-order valence-corrected chi connectivity index (χ2v) is 15.8. The minimum Gasteiger partial charge on any atom is -0.497 e. The van der Waals surface area contributed by atoms with Gasteiger partial charge in [0.2, 0.25) is 11.8 Å². The molecule has 3 amide bonds. The van der Waals surface area contributed by atoms with Gasteiger partial charge >= 0.3 is 18.0 Å². The lowest BCUT2D eigenvalue weighted by Gasteiger charge is -2.11. The number of methoxy groups -OCH3 is 5. The Morgan fingerprint density at radius 2 is 0.889 bits per heavy atom. The van der Waals surface area contributed by atoms with Crippen LogP contribution in [0.25, 0.3) is 23.3 Å². The molecule has 0 spiro atoms. The topological polar surface area (TPSA) is 197 Å². The minimum absolute atomic E-state index is 0.152. The Kier molecular flexibility index (Phi) is 20.6. The number of ether oxygens (including phenoxy) is 8. The molecule has 0 fully saturated rings. The number of hydrogen-bond acceptors (Lipinski definition) is 13. The summed E-state index contributed by atoms with van der Waals surface area (Å²) in [6.07, 6.45) is 4.26. The third kappa shape index (κ3) is 17.0. The van der Waals surface area contributed by atoms with Gasteiger partial charge in [-0.2, -0.15) is 0 Å². The second-order valence-electron chi connectivity index (χ2n) is 15.8. The van der Waals surface area contributed by atoms with Crippen molar-refractivity contribution in [1.82, 2.24) is 5.32 Å². The quantitative estimate of drug-likeness (QED) is 0.0317. The van der Waals surface area contributed by atoms with Crippen LogP contribution in [0, 0.1) is 6.92 Å². The van der Waals surface area contributed by atoms with Gasteiger partial charge in [0.15, 0.2) is 0 Å². The highest BCUT2D eigenvalue weighted by Gasteiger charge is 2.16. The first-order chi connectivity index (χ1) is 34.7. The fourth-order valence-corrected chi connectivity index (χ4v) is 6.96. The fraction of sp³-hybridized carbons (Fsp3) is 0.211. The zero-order valence-corrected chi connectivity index (χ0v) is 41.3. The lowest BCUT2D eigenvalue weighted by atomic mass is 10.0. The van der Waals surface area contributed by atoms with Crippen molar-refractivity contribution in [2.24, 2.45) is 5.73 Å². The highest BCUT2D eigenvalue weighted by atomic mass is 16.5. The number of amides is 3. The molecule has 0 saturated heterocycles. The van der Waals surface area contributed by atoms with Crippen molar-refractivity contribution in [3.8, 4) is 40.2 Å². The van der Waals surface area contributed by atoms with Gasteiger partial charge in [-0.15, -0.1) is 0 Å². The molecular formula is C57H58N2O13. The highest BCUT2D eigenvalue weighted by Crippen LogP contribution is 2.31. The molecule has 0 saturated carbocycles. The van der Waals surface area contributed by atoms with E-state index in [1.807, 2.05) is 73.7 Å². The van der Waals surface area contributed by atoms with Crippen molar-refractivity contribution in [2.45, 2.75) is 39.5 Å². The molecule has 6 aromatic carbocycles. The van der Waals surface area contributed by atoms with Crippen LogP contribution < -0.4 is 34.7 Å². The minimum atomic E-state index is -0.744. The average molecular weight is 979 g/mol. The molecule has 72 heavy (non-hydrogen) atoms. The average Bonchev–Trinajstić information content (AvgIpc) is 3.39. The molecule has 0 bridgehead atoms. The number of rotatable bonds is 20. The normalized spacial score (nSPS) is 10.9. The molecule has 0 heterocycles. The first-order valence-electron chi connectivity index (χ1n) is 22.7. The number of imide groups is 1. The summed E-state index contributed by atoms with van der Waals surface area (Å²) in [5.74, 6) is 2.74. The van der Waals surface area contributed by atoms with Gasteiger partial charge in [-0.25, -0.2) is 14.4 Å². The summed E-state index contributed by atoms with van der Waals surface area (Å²) < 4.78 is 42.5. The molecule has 0 aromatic heterocycles. The van der Waals surface area contributed by atoms with E-state index in [4.69, 9.17) is 43.6 Å². The number of alkyl carbamates (subject to hydrolysis) is 1. The Hall–Kier alpha value is -8.85. The molecule has 0 aliphatic rings. The van der Waals surface area contributed by atoms with Crippen LogP contribution >= 0.6 is 0 Å². The number of carbonyl (C=O) groups is 5. The number of esters is 2. The summed E-state index contributed by atoms with van der Waals surface area (Å²) in [4.78, 5) is 59.1. The monoisotopic (exact) mass is 978 g/mol. The molecule has 0 atom stereocenters. The van der Waals surface area contributed by atoms with Crippen LogP contribution in [0.4, 0.5) is 4.79 Å². The van der Waals surface area contributed by atoms with Gasteiger partial charge in [0.05, 0.1) is 53.3 Å². The Labute approximate surface area is 419 Å². The number of nitrogens with one attached hydrogen (secondary N) is 1. The highest BCUT2D eigenvalue weighted by molar-refractivity contribution is 6.22. The summed E-state index contributed by atoms with van der Waals surface area (Å²) in [7, 11) is 7.41. The van der Waals surface area contributed by atoms with Crippen molar-refractivity contribution in [3.63, 3.8) is 0 Å². The molecule has 0 aliphatic heterocycles. The Morgan fingerprint density at radius 1 is 0.500 bits per heavy atom. The molecule has 0 unspecified atom stereocenters. The van der Waals surface area contributed by atoms with E-state index in [9.17, 15) is 24.0 Å². The predicted molar refractivity (Wildman–Crippen MR) is 274 cm³/mol. The van der Waals surface area contributed by atoms with Gasteiger partial charge in [0, 0.05) is 18.9 Å². The second kappa shape index (κ2) is 27.4. The first-order valence-corrected chi connectivity index (χ1v) is 22.7. The van der Waals surface area contributed by atoms with Crippen LogP contribution in [0.15, 0.2) is 133 Å². The third-order valence-electron chi connectivity index (χ3n) is 10.6. The van der Waals surface area contributed by atoms with E-state index in [0.717, 1.165) is 28.0 Å². The van der Waals surface area contributed by atoms with Gasteiger partial charge in [0.25, 0.3) is 0 Å². The molecule has 0 aliphatic carbocycles. The van der Waals surface area contributed by atoms with Gasteiger partial charge in [0.1, 0.15) is 40.2 Å². The molecule has 6 rings (SSSR count). The molecular weight excluding hydrogens is 921 g/mol. The van der Waals surface area contributed by atoms with E-state index in [1.165, 1.54) is 14.2 Å². The van der Waals surface area contributed by atoms with Crippen LogP contribution in [-0.4, -0.2) is 72.0 Å². The van der Waals surface area contributed by atoms with Crippen LogP contribution in [0.1, 0.15) is 58.7 Å². The number of nitrogens with two attached hydrogens (primary N) is 1. The summed E-state index contributed by atoms with van der Waals surface area (Å²) in [5.41, 5.74) is 11.8. The Bertz CT molecular complexity index is 2830. The predicted octanol–water partition coefficient (Wildman–Crippen LogP) is 10.3. The SMILES string of the molecule is CCOC(=O)NC(=O)CCc1ccc(Oc2ccc(/C(=C\c3cc(OC)cc(OC)c3)C(=O)OC)cc2)cc1.COC(=O)/C(=C/c1cc(C)cc(OC)c1)c1ccc(Oc2ccc(CCC(N)=O)cc2)cc1. The van der Waals surface area contributed by atoms with Crippen LogP contribution in [0.3, 0.4) is 0 Å². The maximum atomic E-state index is 12.6. The van der Waals surface area contributed by atoms with Crippen molar-refractivity contribution >= 4 is 53.1 Å². The van der Waals surface area contributed by atoms with E-state index < -0.39 is 23.9 Å². The van der Waals surface area contributed by atoms with Crippen molar-refractivity contribution in [1.29, 1.82) is 0 Å². The summed E-state index contributed by atoms with van der Waals surface area (Å²) in [5, 5.41) is 2.17. The first kappa shape index (κ1) is 54.1. The number of primary amides is 1. The van der Waals surface area contributed by atoms with Crippen molar-refractivity contribution in [2.75, 3.05) is 42.2 Å². The molecule has 374 valence electrons. The maximum Gasteiger partial charge on any atom is 0.413 e. The van der Waals surface area contributed by atoms with Crippen LogP contribution in [-0.2, 0) is 46.2 Å². The third-order valence-corrected chi connectivity index (χ3v) is 10.6. The van der Waals surface area contributed by atoms with Gasteiger partial charge < -0.3 is 43.6 Å². The number of hydrogen-bond donors (Lipinski definition) is 2. The van der Waals surface area contributed by atoms with Crippen molar-refractivity contribution in [3.05, 3.63) is 172 Å².